The van der Waals surface area contributed by atoms with E-state index in [0.717, 1.165) is 34.7 Å². The molecule has 0 radical (unpaired) electrons. The molecule has 0 aliphatic carbocycles. The molecular formula is C19H23NO3. The minimum Gasteiger partial charge on any atom is -0.497 e. The van der Waals surface area contributed by atoms with Crippen molar-refractivity contribution in [2.75, 3.05) is 19.0 Å². The zero-order valence-electron chi connectivity index (χ0n) is 13.6. The van der Waals surface area contributed by atoms with Gasteiger partial charge in [-0.3, -0.25) is 0 Å². The first kappa shape index (κ1) is 15.7. The first-order chi connectivity index (χ1) is 11.2. The summed E-state index contributed by atoms with van der Waals surface area (Å²) in [6, 6.07) is 12.2. The standard InChI is InChI=1S/C19H23NO3/c1-13-9-15-10-18(22-2)11-16(19(15)23-13)12-20-17-5-3-14(4-6-17)7-8-21/h3-6,10-11,13,20-21H,7-9,12H2,1-2H3/t13-/m0/s1. The van der Waals surface area contributed by atoms with E-state index >= 15 is 0 Å². The van der Waals surface area contributed by atoms with Crippen molar-refractivity contribution < 1.29 is 14.6 Å². The Morgan fingerprint density at radius 1 is 1.26 bits per heavy atom. The van der Waals surface area contributed by atoms with Crippen molar-refractivity contribution in [3.8, 4) is 11.5 Å². The van der Waals surface area contributed by atoms with E-state index in [0.29, 0.717) is 13.0 Å². The van der Waals surface area contributed by atoms with Gasteiger partial charge in [-0.15, -0.1) is 0 Å². The average molecular weight is 313 g/mol. The number of nitrogens with one attached hydrogen (secondary N) is 1. The molecule has 0 aromatic heterocycles. The molecule has 0 spiro atoms. The highest BCUT2D eigenvalue weighted by Crippen LogP contribution is 2.36. The molecule has 1 atom stereocenters. The Labute approximate surface area is 137 Å². The summed E-state index contributed by atoms with van der Waals surface area (Å²) in [6.07, 6.45) is 1.83. The van der Waals surface area contributed by atoms with Crippen LogP contribution in [0.25, 0.3) is 0 Å². The average Bonchev–Trinajstić information content (AvgIpc) is 2.94. The van der Waals surface area contributed by atoms with Crippen molar-refractivity contribution in [3.05, 3.63) is 53.1 Å². The Bertz CT molecular complexity index is 667. The molecule has 0 amide bonds. The first-order valence-electron chi connectivity index (χ1n) is 7.99. The number of benzene rings is 2. The molecule has 1 aliphatic rings. The Morgan fingerprint density at radius 2 is 2.04 bits per heavy atom. The van der Waals surface area contributed by atoms with Crippen molar-refractivity contribution in [1.29, 1.82) is 0 Å². The third kappa shape index (κ3) is 3.59. The molecular weight excluding hydrogens is 290 g/mol. The molecule has 2 aromatic rings. The number of aliphatic hydroxyl groups is 1. The highest BCUT2D eigenvalue weighted by Gasteiger charge is 2.23. The maximum atomic E-state index is 8.96. The van der Waals surface area contributed by atoms with Crippen molar-refractivity contribution >= 4 is 5.69 Å². The number of hydrogen-bond acceptors (Lipinski definition) is 4. The smallest absolute Gasteiger partial charge is 0.128 e. The van der Waals surface area contributed by atoms with E-state index < -0.39 is 0 Å². The molecule has 1 heterocycles. The van der Waals surface area contributed by atoms with Crippen molar-refractivity contribution in [2.45, 2.75) is 32.4 Å². The van der Waals surface area contributed by atoms with Crippen molar-refractivity contribution in [1.82, 2.24) is 0 Å². The van der Waals surface area contributed by atoms with Crippen LogP contribution in [0.15, 0.2) is 36.4 Å². The van der Waals surface area contributed by atoms with Crippen molar-refractivity contribution in [3.63, 3.8) is 0 Å². The third-order valence-corrected chi connectivity index (χ3v) is 4.12. The predicted molar refractivity (Wildman–Crippen MR) is 91.3 cm³/mol. The number of aliphatic hydroxyl groups excluding tert-OH is 1. The van der Waals surface area contributed by atoms with Crippen LogP contribution < -0.4 is 14.8 Å². The molecule has 0 bridgehead atoms. The minimum absolute atomic E-state index is 0.179. The number of anilines is 1. The Balaban J connectivity index is 1.74. The van der Waals surface area contributed by atoms with Crippen LogP contribution in [-0.4, -0.2) is 24.9 Å². The molecule has 0 unspecified atom stereocenters. The fourth-order valence-electron chi connectivity index (χ4n) is 2.94. The van der Waals surface area contributed by atoms with Gasteiger partial charge in [0, 0.05) is 36.4 Å². The summed E-state index contributed by atoms with van der Waals surface area (Å²) < 4.78 is 11.4. The molecule has 2 aromatic carbocycles. The van der Waals surface area contributed by atoms with Crippen LogP contribution in [0.2, 0.25) is 0 Å². The molecule has 0 fully saturated rings. The zero-order chi connectivity index (χ0) is 16.2. The highest BCUT2D eigenvalue weighted by molar-refractivity contribution is 5.52. The first-order valence-corrected chi connectivity index (χ1v) is 7.99. The van der Waals surface area contributed by atoms with E-state index in [1.54, 1.807) is 7.11 Å². The number of fused-ring (bicyclic) bond motifs is 1. The third-order valence-electron chi connectivity index (χ3n) is 4.12. The Kier molecular flexibility index (Phi) is 4.72. The van der Waals surface area contributed by atoms with E-state index in [2.05, 4.69) is 18.3 Å². The summed E-state index contributed by atoms with van der Waals surface area (Å²) in [4.78, 5) is 0. The maximum absolute atomic E-state index is 8.96. The summed E-state index contributed by atoms with van der Waals surface area (Å²) in [7, 11) is 1.69. The lowest BCUT2D eigenvalue weighted by molar-refractivity contribution is 0.252. The molecule has 4 heteroatoms. The van der Waals surface area contributed by atoms with Gasteiger partial charge < -0.3 is 19.9 Å². The normalized spacial score (nSPS) is 15.9. The van der Waals surface area contributed by atoms with Gasteiger partial charge in [0.1, 0.15) is 17.6 Å². The van der Waals surface area contributed by atoms with Gasteiger partial charge in [0.15, 0.2) is 0 Å². The van der Waals surface area contributed by atoms with Gasteiger partial charge in [-0.25, -0.2) is 0 Å². The molecule has 1 aliphatic heterocycles. The van der Waals surface area contributed by atoms with Crippen LogP contribution in [-0.2, 0) is 19.4 Å². The van der Waals surface area contributed by atoms with E-state index in [9.17, 15) is 0 Å². The van der Waals surface area contributed by atoms with Crippen LogP contribution in [0.4, 0.5) is 5.69 Å². The monoisotopic (exact) mass is 313 g/mol. The van der Waals surface area contributed by atoms with E-state index in [-0.39, 0.29) is 12.7 Å². The highest BCUT2D eigenvalue weighted by atomic mass is 16.5. The maximum Gasteiger partial charge on any atom is 0.128 e. The molecule has 3 rings (SSSR count). The van der Waals surface area contributed by atoms with Crippen LogP contribution in [0.3, 0.4) is 0 Å². The van der Waals surface area contributed by atoms with Gasteiger partial charge in [0.2, 0.25) is 0 Å². The molecule has 0 saturated heterocycles. The summed E-state index contributed by atoms with van der Waals surface area (Å²) in [6.45, 7) is 2.95. The summed E-state index contributed by atoms with van der Waals surface area (Å²) in [5, 5.41) is 12.4. The molecule has 23 heavy (non-hydrogen) atoms. The number of hydrogen-bond donors (Lipinski definition) is 2. The van der Waals surface area contributed by atoms with E-state index in [4.69, 9.17) is 14.6 Å². The lowest BCUT2D eigenvalue weighted by Gasteiger charge is -2.13. The van der Waals surface area contributed by atoms with Crippen LogP contribution >= 0.6 is 0 Å². The van der Waals surface area contributed by atoms with Gasteiger partial charge in [-0.2, -0.15) is 0 Å². The number of rotatable bonds is 6. The number of methoxy groups -OCH3 is 1. The molecule has 122 valence electrons. The van der Waals surface area contributed by atoms with Crippen LogP contribution in [0.1, 0.15) is 23.6 Å². The lowest BCUT2D eigenvalue weighted by atomic mass is 10.1. The largest absolute Gasteiger partial charge is 0.497 e. The lowest BCUT2D eigenvalue weighted by Crippen LogP contribution is -2.07. The van der Waals surface area contributed by atoms with Gasteiger partial charge in [-0.05, 0) is 43.2 Å². The molecule has 2 N–H and O–H groups in total. The van der Waals surface area contributed by atoms with Crippen LogP contribution in [0, 0.1) is 0 Å². The summed E-state index contributed by atoms with van der Waals surface area (Å²) >= 11 is 0. The number of ether oxygens (including phenoxy) is 2. The van der Waals surface area contributed by atoms with Gasteiger partial charge in [0.25, 0.3) is 0 Å². The van der Waals surface area contributed by atoms with E-state index in [1.165, 1.54) is 5.56 Å². The fraction of sp³-hybridized carbons (Fsp3) is 0.368. The molecule has 0 saturated carbocycles. The second-order valence-electron chi connectivity index (χ2n) is 5.93. The van der Waals surface area contributed by atoms with Gasteiger partial charge >= 0.3 is 0 Å². The quantitative estimate of drug-likeness (QED) is 0.860. The SMILES string of the molecule is COc1cc(CNc2ccc(CCO)cc2)c2c(c1)C[C@H](C)O2. The predicted octanol–water partition coefficient (Wildman–Crippen LogP) is 3.17. The second-order valence-corrected chi connectivity index (χ2v) is 5.93. The summed E-state index contributed by atoms with van der Waals surface area (Å²) in [5.41, 5.74) is 4.52. The zero-order valence-corrected chi connectivity index (χ0v) is 13.6. The van der Waals surface area contributed by atoms with Crippen LogP contribution in [0.5, 0.6) is 11.5 Å². The fourth-order valence-corrected chi connectivity index (χ4v) is 2.94. The van der Waals surface area contributed by atoms with Crippen molar-refractivity contribution in [2.24, 2.45) is 0 Å². The Hall–Kier alpha value is -2.20. The molecule has 4 nitrogen and oxygen atoms in total. The second kappa shape index (κ2) is 6.92. The van der Waals surface area contributed by atoms with Gasteiger partial charge in [-0.1, -0.05) is 12.1 Å². The van der Waals surface area contributed by atoms with E-state index in [1.807, 2.05) is 30.3 Å². The minimum atomic E-state index is 0.179. The van der Waals surface area contributed by atoms with Gasteiger partial charge in [0.05, 0.1) is 7.11 Å². The summed E-state index contributed by atoms with van der Waals surface area (Å²) in [5.74, 6) is 1.86. The topological polar surface area (TPSA) is 50.7 Å². The Morgan fingerprint density at radius 3 is 2.74 bits per heavy atom.